The maximum Gasteiger partial charge on any atom is 0.271 e. The predicted octanol–water partition coefficient (Wildman–Crippen LogP) is 0.630. The van der Waals surface area contributed by atoms with Gasteiger partial charge in [-0.1, -0.05) is 0 Å². The lowest BCUT2D eigenvalue weighted by Crippen LogP contribution is -2.65. The molecule has 6 nitrogen and oxygen atoms in total. The molecule has 0 bridgehead atoms. The Labute approximate surface area is 119 Å². The number of aromatic nitrogens is 1. The molecule has 2 heterocycles. The summed E-state index contributed by atoms with van der Waals surface area (Å²) >= 11 is 0. The number of hydrogen-bond donors (Lipinski definition) is 1. The molecule has 0 spiro atoms. The van der Waals surface area contributed by atoms with Crippen molar-refractivity contribution in [1.82, 2.24) is 14.8 Å². The van der Waals surface area contributed by atoms with Gasteiger partial charge in [0, 0.05) is 6.20 Å². The molecule has 1 aliphatic heterocycles. The van der Waals surface area contributed by atoms with Gasteiger partial charge in [-0.3, -0.25) is 19.7 Å². The molecule has 0 atom stereocenters. The molecule has 1 aromatic rings. The van der Waals surface area contributed by atoms with Gasteiger partial charge in [0.2, 0.25) is 5.91 Å². The van der Waals surface area contributed by atoms with E-state index in [-0.39, 0.29) is 12.2 Å². The smallest absolute Gasteiger partial charge is 0.271 e. The number of piperazine rings is 1. The lowest BCUT2D eigenvalue weighted by Gasteiger charge is -2.40. The summed E-state index contributed by atoms with van der Waals surface area (Å²) in [6, 6.07) is 2.85. The number of halogens is 2. The summed E-state index contributed by atoms with van der Waals surface area (Å²) in [5.41, 5.74) is -1.21. The molecule has 0 saturated carbocycles. The van der Waals surface area contributed by atoms with Crippen molar-refractivity contribution in [3.63, 3.8) is 0 Å². The third-order valence-electron chi connectivity index (χ3n) is 3.41. The second-order valence-corrected chi connectivity index (χ2v) is 5.26. The Bertz CT molecular complexity index is 595. The van der Waals surface area contributed by atoms with Crippen molar-refractivity contribution < 1.29 is 23.2 Å². The Balaban J connectivity index is 2.32. The number of rotatable bonds is 3. The largest absolute Gasteiger partial charge is 0.338 e. The van der Waals surface area contributed by atoms with Crippen LogP contribution < -0.4 is 5.32 Å². The SMILES string of the molecule is CC1(C)C(=O)NC(=O)CN1C(=O)c1cccn1CC(F)F. The van der Waals surface area contributed by atoms with E-state index in [1.807, 2.05) is 0 Å². The predicted molar refractivity (Wildman–Crippen MR) is 68.7 cm³/mol. The van der Waals surface area contributed by atoms with Crippen LogP contribution in [-0.2, 0) is 16.1 Å². The number of amides is 3. The van der Waals surface area contributed by atoms with Gasteiger partial charge in [-0.2, -0.15) is 0 Å². The van der Waals surface area contributed by atoms with Gasteiger partial charge in [0.25, 0.3) is 18.2 Å². The average molecular weight is 299 g/mol. The first-order chi connectivity index (χ1) is 9.73. The fraction of sp³-hybridized carbons (Fsp3) is 0.462. The van der Waals surface area contributed by atoms with Gasteiger partial charge in [-0.25, -0.2) is 8.78 Å². The van der Waals surface area contributed by atoms with E-state index in [2.05, 4.69) is 5.32 Å². The highest BCUT2D eigenvalue weighted by Gasteiger charge is 2.44. The Morgan fingerprint density at radius 1 is 1.43 bits per heavy atom. The molecule has 1 aromatic heterocycles. The van der Waals surface area contributed by atoms with Crippen LogP contribution in [0, 0.1) is 0 Å². The number of carbonyl (C=O) groups excluding carboxylic acids is 3. The lowest BCUT2D eigenvalue weighted by molar-refractivity contribution is -0.143. The third kappa shape index (κ3) is 2.79. The van der Waals surface area contributed by atoms with Crippen LogP contribution >= 0.6 is 0 Å². The van der Waals surface area contributed by atoms with Crippen molar-refractivity contribution in [3.05, 3.63) is 24.0 Å². The van der Waals surface area contributed by atoms with Crippen molar-refractivity contribution in [2.75, 3.05) is 6.54 Å². The van der Waals surface area contributed by atoms with E-state index in [1.165, 1.54) is 32.2 Å². The maximum atomic E-state index is 12.5. The third-order valence-corrected chi connectivity index (χ3v) is 3.41. The van der Waals surface area contributed by atoms with Crippen LogP contribution in [0.15, 0.2) is 18.3 Å². The van der Waals surface area contributed by atoms with Crippen LogP contribution in [-0.4, -0.2) is 45.7 Å². The molecule has 0 aliphatic carbocycles. The number of nitrogens with one attached hydrogen (secondary N) is 1. The van der Waals surface area contributed by atoms with Crippen molar-refractivity contribution >= 4 is 17.7 Å². The summed E-state index contributed by atoms with van der Waals surface area (Å²) < 4.78 is 26.1. The van der Waals surface area contributed by atoms with Gasteiger partial charge in [0.05, 0.1) is 6.54 Å². The average Bonchev–Trinajstić information content (AvgIpc) is 2.80. The highest BCUT2D eigenvalue weighted by atomic mass is 19.3. The van der Waals surface area contributed by atoms with Crippen LogP contribution in [0.3, 0.4) is 0 Å². The molecule has 21 heavy (non-hydrogen) atoms. The van der Waals surface area contributed by atoms with E-state index < -0.39 is 36.2 Å². The fourth-order valence-corrected chi connectivity index (χ4v) is 2.16. The van der Waals surface area contributed by atoms with Gasteiger partial charge >= 0.3 is 0 Å². The topological polar surface area (TPSA) is 71.4 Å². The van der Waals surface area contributed by atoms with Gasteiger partial charge in [-0.05, 0) is 26.0 Å². The summed E-state index contributed by atoms with van der Waals surface area (Å²) in [5, 5.41) is 2.15. The standard InChI is InChI=1S/C13H15F2N3O3/c1-13(2)12(21)16-10(19)7-18(13)11(20)8-4-3-5-17(8)6-9(14)15/h3-5,9H,6-7H2,1-2H3,(H,16,19,21). The minimum absolute atomic E-state index is 0.0193. The molecule has 8 heteroatoms. The molecule has 1 fully saturated rings. The van der Waals surface area contributed by atoms with E-state index in [4.69, 9.17) is 0 Å². The first-order valence-electron chi connectivity index (χ1n) is 6.33. The van der Waals surface area contributed by atoms with Crippen LogP contribution in [0.25, 0.3) is 0 Å². The molecular formula is C13H15F2N3O3. The molecule has 1 saturated heterocycles. The minimum Gasteiger partial charge on any atom is -0.338 e. The molecule has 1 aliphatic rings. The van der Waals surface area contributed by atoms with Gasteiger partial charge in [0.15, 0.2) is 0 Å². The van der Waals surface area contributed by atoms with E-state index in [0.29, 0.717) is 0 Å². The number of hydrogen-bond acceptors (Lipinski definition) is 3. The zero-order valence-corrected chi connectivity index (χ0v) is 11.6. The van der Waals surface area contributed by atoms with Gasteiger partial charge in [-0.15, -0.1) is 0 Å². The molecule has 0 aromatic carbocycles. The molecule has 0 radical (unpaired) electrons. The molecular weight excluding hydrogens is 284 g/mol. The normalized spacial score (nSPS) is 18.0. The Morgan fingerprint density at radius 3 is 2.71 bits per heavy atom. The lowest BCUT2D eigenvalue weighted by atomic mass is 9.98. The minimum atomic E-state index is -2.61. The summed E-state index contributed by atoms with van der Waals surface area (Å²) in [6.07, 6.45) is -1.25. The molecule has 0 unspecified atom stereocenters. The first-order valence-corrected chi connectivity index (χ1v) is 6.33. The van der Waals surface area contributed by atoms with Gasteiger partial charge in [0.1, 0.15) is 17.8 Å². The van der Waals surface area contributed by atoms with Gasteiger partial charge < -0.3 is 9.47 Å². The number of nitrogens with zero attached hydrogens (tertiary/aromatic N) is 2. The zero-order valence-electron chi connectivity index (χ0n) is 11.6. The van der Waals surface area contributed by atoms with Crippen molar-refractivity contribution in [2.45, 2.75) is 32.4 Å². The Kier molecular flexibility index (Phi) is 3.80. The van der Waals surface area contributed by atoms with E-state index in [0.717, 1.165) is 9.47 Å². The molecule has 2 rings (SSSR count). The number of carbonyl (C=O) groups is 3. The van der Waals surface area contributed by atoms with Crippen LogP contribution in [0.2, 0.25) is 0 Å². The first kappa shape index (κ1) is 15.1. The van der Waals surface area contributed by atoms with Crippen LogP contribution in [0.4, 0.5) is 8.78 Å². The summed E-state index contributed by atoms with van der Waals surface area (Å²) in [6.45, 7) is 2.07. The van der Waals surface area contributed by atoms with E-state index in [9.17, 15) is 23.2 Å². The van der Waals surface area contributed by atoms with Crippen molar-refractivity contribution in [3.8, 4) is 0 Å². The van der Waals surface area contributed by atoms with Crippen LogP contribution in [0.5, 0.6) is 0 Å². The number of alkyl halides is 2. The summed E-state index contributed by atoms with van der Waals surface area (Å²) in [7, 11) is 0. The monoisotopic (exact) mass is 299 g/mol. The Hall–Kier alpha value is -2.25. The highest BCUT2D eigenvalue weighted by molar-refractivity contribution is 6.08. The fourth-order valence-electron chi connectivity index (χ4n) is 2.16. The van der Waals surface area contributed by atoms with E-state index in [1.54, 1.807) is 0 Å². The Morgan fingerprint density at radius 2 is 2.10 bits per heavy atom. The quantitative estimate of drug-likeness (QED) is 0.832. The molecule has 3 amide bonds. The molecule has 1 N–H and O–H groups in total. The van der Waals surface area contributed by atoms with Crippen LogP contribution in [0.1, 0.15) is 24.3 Å². The summed E-state index contributed by atoms with van der Waals surface area (Å²) in [4.78, 5) is 36.9. The zero-order chi connectivity index (χ0) is 15.8. The second kappa shape index (κ2) is 5.27. The molecule has 114 valence electrons. The number of imide groups is 1. The maximum absolute atomic E-state index is 12.5. The van der Waals surface area contributed by atoms with Crippen molar-refractivity contribution in [2.24, 2.45) is 0 Å². The highest BCUT2D eigenvalue weighted by Crippen LogP contribution is 2.21. The van der Waals surface area contributed by atoms with E-state index >= 15 is 0 Å². The van der Waals surface area contributed by atoms with Crippen molar-refractivity contribution in [1.29, 1.82) is 0 Å². The second-order valence-electron chi connectivity index (χ2n) is 5.26. The summed E-state index contributed by atoms with van der Waals surface area (Å²) in [5.74, 6) is -1.83.